The lowest BCUT2D eigenvalue weighted by Crippen LogP contribution is -2.51. The number of nitrogens with one attached hydrogen (secondary N) is 2. The molecule has 1 unspecified atom stereocenters. The summed E-state index contributed by atoms with van der Waals surface area (Å²) in [6.45, 7) is 20.7. The first-order chi connectivity index (χ1) is 9.85. The standard InChI is InChI=1S/C16H35N5/c1-7-17-15(19-16(4,5)6)18-13-14(3)21-11-9-20(8-2)10-12-21/h14H,7-13H2,1-6H3,(H2,17,18,19). The Morgan fingerprint density at radius 1 is 1.14 bits per heavy atom. The molecule has 1 heterocycles. The highest BCUT2D eigenvalue weighted by molar-refractivity contribution is 5.80. The third-order valence-corrected chi connectivity index (χ3v) is 3.83. The molecule has 1 rings (SSSR count). The van der Waals surface area contributed by atoms with Crippen molar-refractivity contribution in [2.75, 3.05) is 45.8 Å². The normalized spacial score (nSPS) is 20.4. The lowest BCUT2D eigenvalue weighted by molar-refractivity contribution is 0.109. The second-order valence-corrected chi connectivity index (χ2v) is 6.91. The molecule has 1 atom stereocenters. The summed E-state index contributed by atoms with van der Waals surface area (Å²) >= 11 is 0. The SMILES string of the molecule is CCNC(=NCC(C)N1CCN(CC)CC1)NC(C)(C)C. The topological polar surface area (TPSA) is 42.9 Å². The van der Waals surface area contributed by atoms with Crippen LogP contribution in [-0.2, 0) is 0 Å². The average Bonchev–Trinajstić information content (AvgIpc) is 2.43. The second kappa shape index (κ2) is 8.59. The minimum Gasteiger partial charge on any atom is -0.357 e. The van der Waals surface area contributed by atoms with Gasteiger partial charge in [0.1, 0.15) is 0 Å². The highest BCUT2D eigenvalue weighted by Gasteiger charge is 2.20. The van der Waals surface area contributed by atoms with Crippen LogP contribution in [0.15, 0.2) is 4.99 Å². The van der Waals surface area contributed by atoms with Crippen molar-refractivity contribution in [3.05, 3.63) is 0 Å². The third-order valence-electron chi connectivity index (χ3n) is 3.83. The zero-order chi connectivity index (χ0) is 15.9. The van der Waals surface area contributed by atoms with Gasteiger partial charge in [-0.15, -0.1) is 0 Å². The fourth-order valence-electron chi connectivity index (χ4n) is 2.52. The summed E-state index contributed by atoms with van der Waals surface area (Å²) in [5.41, 5.74) is 0.0387. The quantitative estimate of drug-likeness (QED) is 0.594. The monoisotopic (exact) mass is 297 g/mol. The highest BCUT2D eigenvalue weighted by atomic mass is 15.3. The van der Waals surface area contributed by atoms with Crippen LogP contribution in [-0.4, -0.2) is 73.2 Å². The summed E-state index contributed by atoms with van der Waals surface area (Å²) in [5, 5.41) is 6.77. The number of likely N-dealkylation sites (N-methyl/N-ethyl adjacent to an activating group) is 1. The van der Waals surface area contributed by atoms with Gasteiger partial charge in [0, 0.05) is 44.3 Å². The van der Waals surface area contributed by atoms with Gasteiger partial charge in [-0.3, -0.25) is 9.89 Å². The molecule has 1 aliphatic rings. The van der Waals surface area contributed by atoms with E-state index in [0.717, 1.165) is 32.1 Å². The Bertz CT molecular complexity index is 313. The van der Waals surface area contributed by atoms with E-state index in [4.69, 9.17) is 4.99 Å². The third kappa shape index (κ3) is 7.14. The molecule has 5 nitrogen and oxygen atoms in total. The van der Waals surface area contributed by atoms with Gasteiger partial charge in [-0.1, -0.05) is 6.92 Å². The molecular formula is C16H35N5. The maximum Gasteiger partial charge on any atom is 0.191 e. The van der Waals surface area contributed by atoms with Crippen LogP contribution in [0.25, 0.3) is 0 Å². The number of hydrogen-bond acceptors (Lipinski definition) is 3. The van der Waals surface area contributed by atoms with Crippen LogP contribution in [0.2, 0.25) is 0 Å². The van der Waals surface area contributed by atoms with E-state index in [9.17, 15) is 0 Å². The van der Waals surface area contributed by atoms with Crippen molar-refractivity contribution < 1.29 is 0 Å². The van der Waals surface area contributed by atoms with Crippen LogP contribution in [0.5, 0.6) is 0 Å². The minimum absolute atomic E-state index is 0.0387. The summed E-state index contributed by atoms with van der Waals surface area (Å²) in [6, 6.07) is 0.499. The number of rotatable bonds is 5. The molecule has 5 heteroatoms. The number of piperazine rings is 1. The maximum absolute atomic E-state index is 4.75. The molecule has 1 fully saturated rings. The van der Waals surface area contributed by atoms with Crippen molar-refractivity contribution in [3.63, 3.8) is 0 Å². The Balaban J connectivity index is 2.47. The molecule has 0 aromatic carbocycles. The molecule has 0 saturated carbocycles. The molecule has 2 N–H and O–H groups in total. The summed E-state index contributed by atoms with van der Waals surface area (Å²) < 4.78 is 0. The molecule has 21 heavy (non-hydrogen) atoms. The van der Waals surface area contributed by atoms with E-state index < -0.39 is 0 Å². The summed E-state index contributed by atoms with van der Waals surface area (Å²) in [4.78, 5) is 9.82. The molecular weight excluding hydrogens is 262 g/mol. The van der Waals surface area contributed by atoms with Crippen LogP contribution in [0.4, 0.5) is 0 Å². The van der Waals surface area contributed by atoms with Crippen LogP contribution in [0, 0.1) is 0 Å². The molecule has 0 aliphatic carbocycles. The van der Waals surface area contributed by atoms with Crippen LogP contribution in [0.1, 0.15) is 41.5 Å². The Labute approximate surface area is 131 Å². The van der Waals surface area contributed by atoms with Crippen molar-refractivity contribution in [3.8, 4) is 0 Å². The molecule has 0 amide bonds. The Morgan fingerprint density at radius 3 is 2.24 bits per heavy atom. The van der Waals surface area contributed by atoms with Crippen molar-refractivity contribution in [2.24, 2.45) is 4.99 Å². The van der Waals surface area contributed by atoms with Gasteiger partial charge in [0.2, 0.25) is 0 Å². The zero-order valence-electron chi connectivity index (χ0n) is 14.9. The van der Waals surface area contributed by atoms with E-state index >= 15 is 0 Å². The van der Waals surface area contributed by atoms with Gasteiger partial charge in [-0.05, 0) is 41.2 Å². The molecule has 0 spiro atoms. The van der Waals surface area contributed by atoms with Gasteiger partial charge in [0.05, 0.1) is 6.54 Å². The van der Waals surface area contributed by atoms with Crippen LogP contribution >= 0.6 is 0 Å². The fourth-order valence-corrected chi connectivity index (χ4v) is 2.52. The second-order valence-electron chi connectivity index (χ2n) is 6.91. The van der Waals surface area contributed by atoms with Crippen molar-refractivity contribution >= 4 is 5.96 Å². The first kappa shape index (κ1) is 18.2. The highest BCUT2D eigenvalue weighted by Crippen LogP contribution is 2.06. The van der Waals surface area contributed by atoms with Crippen molar-refractivity contribution in [1.29, 1.82) is 0 Å². The Hall–Kier alpha value is -0.810. The molecule has 1 saturated heterocycles. The molecule has 124 valence electrons. The van der Waals surface area contributed by atoms with Gasteiger partial charge < -0.3 is 15.5 Å². The van der Waals surface area contributed by atoms with E-state index in [0.29, 0.717) is 6.04 Å². The number of hydrogen-bond donors (Lipinski definition) is 2. The van der Waals surface area contributed by atoms with Gasteiger partial charge in [-0.25, -0.2) is 0 Å². The number of aliphatic imine (C=N–C) groups is 1. The molecule has 0 bridgehead atoms. The van der Waals surface area contributed by atoms with Crippen LogP contribution in [0.3, 0.4) is 0 Å². The van der Waals surface area contributed by atoms with E-state index in [1.807, 2.05) is 0 Å². The first-order valence-electron chi connectivity index (χ1n) is 8.38. The molecule has 0 aromatic heterocycles. The van der Waals surface area contributed by atoms with Gasteiger partial charge in [0.15, 0.2) is 5.96 Å². The summed E-state index contributed by atoms with van der Waals surface area (Å²) in [7, 11) is 0. The van der Waals surface area contributed by atoms with Crippen molar-refractivity contribution in [2.45, 2.75) is 53.1 Å². The van der Waals surface area contributed by atoms with Crippen LogP contribution < -0.4 is 10.6 Å². The number of guanidine groups is 1. The zero-order valence-corrected chi connectivity index (χ0v) is 14.9. The van der Waals surface area contributed by atoms with Gasteiger partial charge in [-0.2, -0.15) is 0 Å². The minimum atomic E-state index is 0.0387. The van der Waals surface area contributed by atoms with E-state index in [2.05, 4.69) is 62.0 Å². The first-order valence-corrected chi connectivity index (χ1v) is 8.38. The lowest BCUT2D eigenvalue weighted by atomic mass is 10.1. The summed E-state index contributed by atoms with van der Waals surface area (Å²) in [6.07, 6.45) is 0. The molecule has 0 aromatic rings. The largest absolute Gasteiger partial charge is 0.357 e. The van der Waals surface area contributed by atoms with E-state index in [1.165, 1.54) is 19.6 Å². The van der Waals surface area contributed by atoms with Gasteiger partial charge in [0.25, 0.3) is 0 Å². The molecule has 1 aliphatic heterocycles. The smallest absolute Gasteiger partial charge is 0.191 e. The Kier molecular flexibility index (Phi) is 7.46. The fraction of sp³-hybridized carbons (Fsp3) is 0.938. The number of nitrogens with zero attached hydrogens (tertiary/aromatic N) is 3. The predicted molar refractivity (Wildman–Crippen MR) is 92.0 cm³/mol. The van der Waals surface area contributed by atoms with Gasteiger partial charge >= 0.3 is 0 Å². The predicted octanol–water partition coefficient (Wildman–Crippen LogP) is 1.37. The van der Waals surface area contributed by atoms with E-state index in [-0.39, 0.29) is 5.54 Å². The van der Waals surface area contributed by atoms with E-state index in [1.54, 1.807) is 0 Å². The average molecular weight is 297 g/mol. The lowest BCUT2D eigenvalue weighted by Gasteiger charge is -2.37. The van der Waals surface area contributed by atoms with Crippen molar-refractivity contribution in [1.82, 2.24) is 20.4 Å². The maximum atomic E-state index is 4.75. The molecule has 0 radical (unpaired) electrons. The Morgan fingerprint density at radius 2 is 1.76 bits per heavy atom. The summed E-state index contributed by atoms with van der Waals surface area (Å²) in [5.74, 6) is 0.920.